The second-order valence-electron chi connectivity index (χ2n) is 11.2. The van der Waals surface area contributed by atoms with Gasteiger partial charge in [0.2, 0.25) is 0 Å². The summed E-state index contributed by atoms with van der Waals surface area (Å²) in [4.78, 5) is 10.6. The molecule has 0 aliphatic rings. The number of unbranched alkanes of at least 4 members (excludes halogenated alkanes) is 21. The van der Waals surface area contributed by atoms with Gasteiger partial charge in [0, 0.05) is 6.42 Å². The lowest BCUT2D eigenvalue weighted by Gasteiger charge is -2.17. The average Bonchev–Trinajstić information content (AvgIpc) is 2.82. The van der Waals surface area contributed by atoms with Gasteiger partial charge in [-0.05, 0) is 12.3 Å². The maximum atomic E-state index is 10.6. The van der Waals surface area contributed by atoms with Crippen molar-refractivity contribution >= 4 is 5.97 Å². The molecule has 1 unspecified atom stereocenters. The number of hydrogen-bond acceptors (Lipinski definition) is 1. The summed E-state index contributed by atoms with van der Waals surface area (Å²) in [5, 5.41) is 8.71. The molecule has 0 radical (unpaired) electrons. The van der Waals surface area contributed by atoms with Gasteiger partial charge in [-0.15, -0.1) is 0 Å². The average molecular weight is 481 g/mol. The van der Waals surface area contributed by atoms with Gasteiger partial charge < -0.3 is 5.11 Å². The largest absolute Gasteiger partial charge is 0.481 e. The number of hydrogen-bond donors (Lipinski definition) is 1. The highest BCUT2D eigenvalue weighted by atomic mass is 16.4. The van der Waals surface area contributed by atoms with E-state index in [1.54, 1.807) is 0 Å². The summed E-state index contributed by atoms with van der Waals surface area (Å²) in [5.74, 6) is 0.328. The first-order chi connectivity index (χ1) is 16.7. The van der Waals surface area contributed by atoms with Crippen LogP contribution in [0.5, 0.6) is 0 Å². The van der Waals surface area contributed by atoms with E-state index in [2.05, 4.69) is 13.8 Å². The summed E-state index contributed by atoms with van der Waals surface area (Å²) in [6, 6.07) is 0. The van der Waals surface area contributed by atoms with Crippen LogP contribution in [-0.2, 0) is 4.79 Å². The van der Waals surface area contributed by atoms with Crippen LogP contribution >= 0.6 is 0 Å². The third-order valence-corrected chi connectivity index (χ3v) is 7.68. The van der Waals surface area contributed by atoms with Crippen LogP contribution in [0, 0.1) is 5.92 Å². The van der Waals surface area contributed by atoms with Gasteiger partial charge in [0.1, 0.15) is 0 Å². The van der Waals surface area contributed by atoms with E-state index in [0.717, 1.165) is 18.8 Å². The molecule has 204 valence electrons. The second kappa shape index (κ2) is 28.7. The third-order valence-electron chi connectivity index (χ3n) is 7.68. The van der Waals surface area contributed by atoms with E-state index < -0.39 is 5.97 Å². The van der Waals surface area contributed by atoms with Crippen LogP contribution in [0.2, 0.25) is 0 Å². The molecule has 0 aliphatic heterocycles. The summed E-state index contributed by atoms with van der Waals surface area (Å²) >= 11 is 0. The van der Waals surface area contributed by atoms with Crippen LogP contribution in [0.15, 0.2) is 0 Å². The summed E-state index contributed by atoms with van der Waals surface area (Å²) in [5.41, 5.74) is 0. The molecule has 0 aromatic rings. The zero-order valence-corrected chi connectivity index (χ0v) is 23.7. The standard InChI is InChI=1S/C32H64O2/c1-3-5-7-9-10-11-12-13-14-16-20-24-28-31(27-23-19-8-6-4-2)29-25-21-17-15-18-22-26-30-32(33)34/h31H,3-30H2,1-2H3,(H,33,34). The monoisotopic (exact) mass is 480 g/mol. The van der Waals surface area contributed by atoms with E-state index in [9.17, 15) is 4.79 Å². The summed E-state index contributed by atoms with van der Waals surface area (Å²) in [7, 11) is 0. The van der Waals surface area contributed by atoms with Crippen molar-refractivity contribution < 1.29 is 9.90 Å². The van der Waals surface area contributed by atoms with Gasteiger partial charge in [0.15, 0.2) is 0 Å². The number of carbonyl (C=O) groups is 1. The first-order valence-corrected chi connectivity index (χ1v) is 15.9. The molecule has 0 aromatic heterocycles. The van der Waals surface area contributed by atoms with Crippen molar-refractivity contribution in [2.24, 2.45) is 5.92 Å². The molecular formula is C32H64O2. The highest BCUT2D eigenvalue weighted by molar-refractivity contribution is 5.66. The van der Waals surface area contributed by atoms with Crippen molar-refractivity contribution in [3.8, 4) is 0 Å². The van der Waals surface area contributed by atoms with Crippen LogP contribution in [-0.4, -0.2) is 11.1 Å². The molecule has 2 heteroatoms. The maximum absolute atomic E-state index is 10.6. The fourth-order valence-electron chi connectivity index (χ4n) is 5.34. The van der Waals surface area contributed by atoms with E-state index in [0.29, 0.717) is 6.42 Å². The van der Waals surface area contributed by atoms with Crippen molar-refractivity contribution in [3.63, 3.8) is 0 Å². The molecule has 0 saturated heterocycles. The van der Waals surface area contributed by atoms with Gasteiger partial charge in [0.05, 0.1) is 0 Å². The minimum Gasteiger partial charge on any atom is -0.481 e. The predicted octanol–water partition coefficient (Wildman–Crippen LogP) is 11.6. The molecule has 0 rings (SSSR count). The fraction of sp³-hybridized carbons (Fsp3) is 0.969. The summed E-state index contributed by atoms with van der Waals surface area (Å²) < 4.78 is 0. The molecule has 0 fully saturated rings. The highest BCUT2D eigenvalue weighted by Crippen LogP contribution is 2.25. The molecule has 0 heterocycles. The fourth-order valence-corrected chi connectivity index (χ4v) is 5.34. The molecule has 0 spiro atoms. The van der Waals surface area contributed by atoms with E-state index in [-0.39, 0.29) is 0 Å². The lowest BCUT2D eigenvalue weighted by atomic mass is 9.89. The van der Waals surface area contributed by atoms with Crippen molar-refractivity contribution in [3.05, 3.63) is 0 Å². The Labute approximate surface area is 215 Å². The SMILES string of the molecule is CCCCCCCCCCCCCCC(CCCCCCC)CCCCCCCCCC(=O)O. The Morgan fingerprint density at radius 1 is 0.441 bits per heavy atom. The van der Waals surface area contributed by atoms with Crippen LogP contribution in [0.3, 0.4) is 0 Å². The van der Waals surface area contributed by atoms with Gasteiger partial charge in [-0.1, -0.05) is 181 Å². The van der Waals surface area contributed by atoms with Crippen LogP contribution in [0.1, 0.15) is 194 Å². The zero-order chi connectivity index (χ0) is 25.0. The topological polar surface area (TPSA) is 37.3 Å². The Bertz CT molecular complexity index is 392. The number of carboxylic acids is 1. The first kappa shape index (κ1) is 33.5. The summed E-state index contributed by atoms with van der Waals surface area (Å²) in [6.45, 7) is 4.61. The Morgan fingerprint density at radius 3 is 1.00 bits per heavy atom. The van der Waals surface area contributed by atoms with Gasteiger partial charge in [-0.3, -0.25) is 4.79 Å². The van der Waals surface area contributed by atoms with Crippen LogP contribution in [0.25, 0.3) is 0 Å². The Kier molecular flexibility index (Phi) is 28.3. The molecule has 1 atom stereocenters. The molecule has 1 N–H and O–H groups in total. The van der Waals surface area contributed by atoms with Gasteiger partial charge in [-0.2, -0.15) is 0 Å². The number of rotatable bonds is 29. The number of aliphatic carboxylic acids is 1. The quantitative estimate of drug-likeness (QED) is 0.108. The van der Waals surface area contributed by atoms with Gasteiger partial charge in [-0.25, -0.2) is 0 Å². The predicted molar refractivity (Wildman–Crippen MR) is 152 cm³/mol. The molecule has 0 saturated carbocycles. The smallest absolute Gasteiger partial charge is 0.303 e. The zero-order valence-electron chi connectivity index (χ0n) is 23.7. The normalized spacial score (nSPS) is 12.3. The molecule has 0 aliphatic carbocycles. The molecule has 0 bridgehead atoms. The molecule has 34 heavy (non-hydrogen) atoms. The Morgan fingerprint density at radius 2 is 0.706 bits per heavy atom. The third kappa shape index (κ3) is 27.7. The minimum absolute atomic E-state index is 0.346. The number of carboxylic acid groups (broad SMARTS) is 1. The van der Waals surface area contributed by atoms with Crippen molar-refractivity contribution in [1.29, 1.82) is 0 Å². The lowest BCUT2D eigenvalue weighted by Crippen LogP contribution is -2.01. The van der Waals surface area contributed by atoms with E-state index in [1.165, 1.54) is 161 Å². The van der Waals surface area contributed by atoms with Crippen LogP contribution in [0.4, 0.5) is 0 Å². The van der Waals surface area contributed by atoms with Crippen molar-refractivity contribution in [1.82, 2.24) is 0 Å². The van der Waals surface area contributed by atoms with E-state index in [4.69, 9.17) is 5.11 Å². The summed E-state index contributed by atoms with van der Waals surface area (Å²) in [6.07, 6.45) is 37.8. The minimum atomic E-state index is -0.645. The molecule has 0 aromatic carbocycles. The molecule has 2 nitrogen and oxygen atoms in total. The molecular weight excluding hydrogens is 416 g/mol. The van der Waals surface area contributed by atoms with Crippen LogP contribution < -0.4 is 0 Å². The maximum Gasteiger partial charge on any atom is 0.303 e. The van der Waals surface area contributed by atoms with Crippen molar-refractivity contribution in [2.45, 2.75) is 194 Å². The lowest BCUT2D eigenvalue weighted by molar-refractivity contribution is -0.137. The highest BCUT2D eigenvalue weighted by Gasteiger charge is 2.09. The van der Waals surface area contributed by atoms with E-state index in [1.807, 2.05) is 0 Å². The second-order valence-corrected chi connectivity index (χ2v) is 11.2. The first-order valence-electron chi connectivity index (χ1n) is 15.9. The Hall–Kier alpha value is -0.530. The van der Waals surface area contributed by atoms with Gasteiger partial charge in [0.25, 0.3) is 0 Å². The molecule has 0 amide bonds. The van der Waals surface area contributed by atoms with E-state index >= 15 is 0 Å². The van der Waals surface area contributed by atoms with Gasteiger partial charge >= 0.3 is 5.97 Å². The Balaban J connectivity index is 3.75. The van der Waals surface area contributed by atoms with Crippen molar-refractivity contribution in [2.75, 3.05) is 0 Å².